The summed E-state index contributed by atoms with van der Waals surface area (Å²) in [7, 11) is 1.49. The Morgan fingerprint density at radius 3 is 2.79 bits per heavy atom. The second-order valence-electron chi connectivity index (χ2n) is 3.63. The number of aromatic nitrogens is 2. The van der Waals surface area contributed by atoms with Crippen molar-refractivity contribution in [3.63, 3.8) is 0 Å². The minimum absolute atomic E-state index is 0.0109. The zero-order valence-electron chi connectivity index (χ0n) is 10.4. The Balaban J connectivity index is 2.77. The van der Waals surface area contributed by atoms with Crippen LogP contribution in [0.1, 0.15) is 17.3 Å². The molecule has 0 saturated heterocycles. The highest BCUT2D eigenvalue weighted by molar-refractivity contribution is 6.35. The molecule has 0 aliphatic carbocycles. The number of hydrogen-bond acceptors (Lipinski definition) is 6. The summed E-state index contributed by atoms with van der Waals surface area (Å²) < 4.78 is 10.1. The number of anilines is 1. The van der Waals surface area contributed by atoms with Crippen LogP contribution >= 0.6 is 11.6 Å². The molecule has 0 spiro atoms. The first-order valence-corrected chi connectivity index (χ1v) is 5.93. The molecule has 19 heavy (non-hydrogen) atoms. The molecule has 2 N–H and O–H groups in total. The molecule has 0 bridgehead atoms. The van der Waals surface area contributed by atoms with E-state index >= 15 is 0 Å². The third-order valence-corrected chi connectivity index (χ3v) is 2.78. The molecule has 0 saturated carbocycles. The van der Waals surface area contributed by atoms with Crippen molar-refractivity contribution in [2.45, 2.75) is 6.92 Å². The van der Waals surface area contributed by atoms with E-state index in [9.17, 15) is 4.79 Å². The largest absolute Gasteiger partial charge is 0.494 e. The normalized spacial score (nSPS) is 10.5. The van der Waals surface area contributed by atoms with Crippen molar-refractivity contribution >= 4 is 34.4 Å². The van der Waals surface area contributed by atoms with Crippen LogP contribution in [-0.2, 0) is 4.74 Å². The van der Waals surface area contributed by atoms with Crippen molar-refractivity contribution in [2.75, 3.05) is 19.5 Å². The molecule has 7 heteroatoms. The van der Waals surface area contributed by atoms with Crippen molar-refractivity contribution in [1.82, 2.24) is 9.97 Å². The Morgan fingerprint density at radius 1 is 1.42 bits per heavy atom. The molecule has 100 valence electrons. The zero-order valence-corrected chi connectivity index (χ0v) is 11.2. The van der Waals surface area contributed by atoms with E-state index in [1.54, 1.807) is 19.1 Å². The summed E-state index contributed by atoms with van der Waals surface area (Å²) in [4.78, 5) is 19.8. The molecule has 0 atom stereocenters. The number of nitrogens with zero attached hydrogens (tertiary/aromatic N) is 2. The summed E-state index contributed by atoms with van der Waals surface area (Å²) in [6.45, 7) is 1.99. The minimum Gasteiger partial charge on any atom is -0.494 e. The maximum Gasteiger partial charge on any atom is 0.338 e. The monoisotopic (exact) mass is 281 g/mol. The first-order chi connectivity index (χ1) is 9.08. The molecule has 0 aliphatic heterocycles. The number of benzene rings is 1. The number of hydrogen-bond donors (Lipinski definition) is 1. The van der Waals surface area contributed by atoms with Gasteiger partial charge < -0.3 is 15.2 Å². The van der Waals surface area contributed by atoms with Gasteiger partial charge in [0.2, 0.25) is 5.95 Å². The number of esters is 1. The van der Waals surface area contributed by atoms with E-state index in [0.29, 0.717) is 16.7 Å². The molecule has 2 aromatic rings. The van der Waals surface area contributed by atoms with Gasteiger partial charge in [-0.05, 0) is 19.1 Å². The highest BCUT2D eigenvalue weighted by atomic mass is 35.5. The molecule has 0 unspecified atom stereocenters. The van der Waals surface area contributed by atoms with Crippen LogP contribution in [0.15, 0.2) is 12.1 Å². The second-order valence-corrected chi connectivity index (χ2v) is 3.99. The number of rotatable bonds is 3. The van der Waals surface area contributed by atoms with E-state index in [2.05, 4.69) is 9.97 Å². The average molecular weight is 282 g/mol. The molecule has 1 heterocycles. The molecule has 6 nitrogen and oxygen atoms in total. The summed E-state index contributed by atoms with van der Waals surface area (Å²) in [6.07, 6.45) is 0. The van der Waals surface area contributed by atoms with Crippen LogP contribution in [0.25, 0.3) is 10.9 Å². The Morgan fingerprint density at radius 2 is 2.16 bits per heavy atom. The maximum atomic E-state index is 11.9. The number of ether oxygens (including phenoxy) is 2. The van der Waals surface area contributed by atoms with Crippen molar-refractivity contribution in [3.8, 4) is 5.75 Å². The molecular weight excluding hydrogens is 270 g/mol. The van der Waals surface area contributed by atoms with Gasteiger partial charge in [-0.25, -0.2) is 14.8 Å². The Bertz CT molecular complexity index is 646. The van der Waals surface area contributed by atoms with E-state index in [0.717, 1.165) is 0 Å². The molecule has 0 aliphatic rings. The van der Waals surface area contributed by atoms with Crippen LogP contribution in [-0.4, -0.2) is 29.7 Å². The van der Waals surface area contributed by atoms with Crippen LogP contribution in [0.5, 0.6) is 5.75 Å². The number of carbonyl (C=O) groups excluding carboxylic acids is 1. The van der Waals surface area contributed by atoms with E-state index in [1.807, 2.05) is 0 Å². The molecule has 1 aromatic carbocycles. The van der Waals surface area contributed by atoms with Crippen LogP contribution in [0.2, 0.25) is 5.15 Å². The van der Waals surface area contributed by atoms with E-state index in [1.165, 1.54) is 7.11 Å². The lowest BCUT2D eigenvalue weighted by Crippen LogP contribution is -2.07. The summed E-state index contributed by atoms with van der Waals surface area (Å²) in [5.74, 6) is -0.0266. The van der Waals surface area contributed by atoms with Gasteiger partial charge >= 0.3 is 5.97 Å². The molecule has 0 amide bonds. The number of methoxy groups -OCH3 is 1. The summed E-state index contributed by atoms with van der Waals surface area (Å²) in [6, 6.07) is 3.17. The smallest absolute Gasteiger partial charge is 0.338 e. The van der Waals surface area contributed by atoms with Gasteiger partial charge in [-0.1, -0.05) is 11.6 Å². The fraction of sp³-hybridized carbons (Fsp3) is 0.250. The summed E-state index contributed by atoms with van der Waals surface area (Å²) in [5, 5.41) is 0.457. The highest BCUT2D eigenvalue weighted by Crippen LogP contribution is 2.32. The van der Waals surface area contributed by atoms with Crippen LogP contribution in [0, 0.1) is 0 Å². The van der Waals surface area contributed by atoms with Gasteiger partial charge in [-0.3, -0.25) is 0 Å². The minimum atomic E-state index is -0.495. The molecule has 2 rings (SSSR count). The van der Waals surface area contributed by atoms with Gasteiger partial charge in [0.25, 0.3) is 0 Å². The quantitative estimate of drug-likeness (QED) is 0.684. The van der Waals surface area contributed by atoms with Crippen molar-refractivity contribution in [1.29, 1.82) is 0 Å². The number of nitrogens with two attached hydrogens (primary N) is 1. The van der Waals surface area contributed by atoms with Gasteiger partial charge in [0, 0.05) is 0 Å². The highest BCUT2D eigenvalue weighted by Gasteiger charge is 2.19. The molecule has 1 aromatic heterocycles. The fourth-order valence-electron chi connectivity index (χ4n) is 1.73. The van der Waals surface area contributed by atoms with Gasteiger partial charge in [0.15, 0.2) is 0 Å². The lowest BCUT2D eigenvalue weighted by molar-refractivity contribution is 0.0528. The Labute approximate surface area is 114 Å². The number of nitrogen functional groups attached to an aromatic ring is 1. The third kappa shape index (κ3) is 2.39. The standard InChI is InChI=1S/C12H12ClN3O3/c1-3-19-11(17)6-4-5-7(18-2)9-8(6)10(13)16-12(14)15-9/h4-5H,3H2,1-2H3,(H2,14,15,16). The summed E-state index contributed by atoms with van der Waals surface area (Å²) >= 11 is 6.05. The summed E-state index contributed by atoms with van der Waals surface area (Å²) in [5.41, 5.74) is 6.22. The van der Waals surface area contributed by atoms with Gasteiger partial charge in [0.05, 0.1) is 24.7 Å². The van der Waals surface area contributed by atoms with Gasteiger partial charge in [-0.2, -0.15) is 0 Å². The Kier molecular flexibility index (Phi) is 3.71. The molecular formula is C12H12ClN3O3. The number of carbonyl (C=O) groups is 1. The van der Waals surface area contributed by atoms with E-state index < -0.39 is 5.97 Å². The average Bonchev–Trinajstić information content (AvgIpc) is 2.37. The second kappa shape index (κ2) is 5.27. The van der Waals surface area contributed by atoms with Gasteiger partial charge in [-0.15, -0.1) is 0 Å². The van der Waals surface area contributed by atoms with Crippen LogP contribution in [0.4, 0.5) is 5.95 Å². The van der Waals surface area contributed by atoms with Crippen molar-refractivity contribution < 1.29 is 14.3 Å². The topological polar surface area (TPSA) is 87.3 Å². The first-order valence-electron chi connectivity index (χ1n) is 5.55. The molecule has 0 radical (unpaired) electrons. The lowest BCUT2D eigenvalue weighted by atomic mass is 10.1. The van der Waals surface area contributed by atoms with Crippen molar-refractivity contribution in [2.24, 2.45) is 0 Å². The number of halogens is 1. The predicted octanol–water partition coefficient (Wildman–Crippen LogP) is 2.05. The van der Waals surface area contributed by atoms with Crippen LogP contribution < -0.4 is 10.5 Å². The lowest BCUT2D eigenvalue weighted by Gasteiger charge is -2.10. The first kappa shape index (κ1) is 13.4. The van der Waals surface area contributed by atoms with Crippen molar-refractivity contribution in [3.05, 3.63) is 22.8 Å². The van der Waals surface area contributed by atoms with E-state index in [-0.39, 0.29) is 23.3 Å². The van der Waals surface area contributed by atoms with Crippen LogP contribution in [0.3, 0.4) is 0 Å². The van der Waals surface area contributed by atoms with E-state index in [4.69, 9.17) is 26.8 Å². The Hall–Kier alpha value is -2.08. The SMILES string of the molecule is CCOC(=O)c1ccc(OC)c2nc(N)nc(Cl)c12. The third-order valence-electron chi connectivity index (χ3n) is 2.50. The molecule has 0 fully saturated rings. The fourth-order valence-corrected chi connectivity index (χ4v) is 2.01. The maximum absolute atomic E-state index is 11.9. The predicted molar refractivity (Wildman–Crippen MR) is 71.5 cm³/mol. The van der Waals surface area contributed by atoms with Gasteiger partial charge in [0.1, 0.15) is 16.4 Å². The zero-order chi connectivity index (χ0) is 14.0. The number of fused-ring (bicyclic) bond motifs is 1.